The van der Waals surface area contributed by atoms with Gasteiger partial charge in [0.2, 0.25) is 0 Å². The van der Waals surface area contributed by atoms with Gasteiger partial charge in [0.15, 0.2) is 17.5 Å². The van der Waals surface area contributed by atoms with E-state index >= 15 is 0 Å². The van der Waals surface area contributed by atoms with E-state index in [9.17, 15) is 8.78 Å². The van der Waals surface area contributed by atoms with Crippen molar-refractivity contribution in [2.24, 2.45) is 5.73 Å². The zero-order valence-electron chi connectivity index (χ0n) is 9.19. The second-order valence-electron chi connectivity index (χ2n) is 3.81. The maximum absolute atomic E-state index is 13.1. The largest absolute Gasteiger partial charge is 0.325 e. The Bertz CT molecular complexity index is 684. The van der Waals surface area contributed by atoms with Crippen molar-refractivity contribution in [1.82, 2.24) is 19.6 Å². The lowest BCUT2D eigenvalue weighted by molar-refractivity contribution is 0.509. The normalized spacial score (nSPS) is 11.3. The molecule has 0 atom stereocenters. The van der Waals surface area contributed by atoms with Gasteiger partial charge in [0.25, 0.3) is 5.78 Å². The molecular formula is C11H9F2N5. The molecule has 2 heterocycles. The molecular weight excluding hydrogens is 240 g/mol. The number of H-pyrrole nitrogens is 1. The molecule has 0 aliphatic carbocycles. The SMILES string of the molecule is NCc1cn2[nH]c(-c3ccc(F)c(F)c3)nc2n1. The first-order valence-corrected chi connectivity index (χ1v) is 5.27. The van der Waals surface area contributed by atoms with Gasteiger partial charge >= 0.3 is 0 Å². The second-order valence-corrected chi connectivity index (χ2v) is 3.81. The monoisotopic (exact) mass is 249 g/mol. The number of nitrogens with one attached hydrogen (secondary N) is 1. The summed E-state index contributed by atoms with van der Waals surface area (Å²) in [4.78, 5) is 8.32. The van der Waals surface area contributed by atoms with Crippen LogP contribution in [-0.4, -0.2) is 19.6 Å². The van der Waals surface area contributed by atoms with Crippen LogP contribution in [0.15, 0.2) is 24.4 Å². The highest BCUT2D eigenvalue weighted by molar-refractivity contribution is 5.57. The van der Waals surface area contributed by atoms with Gasteiger partial charge in [-0.1, -0.05) is 0 Å². The molecule has 0 fully saturated rings. The van der Waals surface area contributed by atoms with Crippen LogP contribution in [0.4, 0.5) is 8.78 Å². The highest BCUT2D eigenvalue weighted by Gasteiger charge is 2.10. The highest BCUT2D eigenvalue weighted by atomic mass is 19.2. The van der Waals surface area contributed by atoms with Crippen molar-refractivity contribution in [3.63, 3.8) is 0 Å². The number of fused-ring (bicyclic) bond motifs is 1. The number of imidazole rings is 1. The number of aromatic amines is 1. The van der Waals surface area contributed by atoms with Crippen LogP contribution in [0.5, 0.6) is 0 Å². The summed E-state index contributed by atoms with van der Waals surface area (Å²) in [6.45, 7) is 0.317. The third kappa shape index (κ3) is 1.65. The summed E-state index contributed by atoms with van der Waals surface area (Å²) in [6, 6.07) is 3.58. The molecule has 7 heteroatoms. The van der Waals surface area contributed by atoms with E-state index in [1.54, 1.807) is 10.7 Å². The summed E-state index contributed by atoms with van der Waals surface area (Å²) in [5, 5.41) is 2.91. The minimum atomic E-state index is -0.913. The lowest BCUT2D eigenvalue weighted by atomic mass is 10.2. The fraction of sp³-hybridized carbons (Fsp3) is 0.0909. The van der Waals surface area contributed by atoms with Crippen LogP contribution in [0.3, 0.4) is 0 Å². The topological polar surface area (TPSA) is 72.0 Å². The molecule has 1 aromatic carbocycles. The minimum absolute atomic E-state index is 0.317. The molecule has 92 valence electrons. The van der Waals surface area contributed by atoms with Gasteiger partial charge in [-0.3, -0.25) is 5.10 Å². The zero-order chi connectivity index (χ0) is 12.7. The molecule has 2 aromatic heterocycles. The van der Waals surface area contributed by atoms with Crippen LogP contribution >= 0.6 is 0 Å². The van der Waals surface area contributed by atoms with Gasteiger partial charge in [-0.25, -0.2) is 18.3 Å². The highest BCUT2D eigenvalue weighted by Crippen LogP contribution is 2.18. The standard InChI is InChI=1S/C11H9F2N5/c12-8-2-1-6(3-9(8)13)10-16-11-15-7(4-14)5-18(11)17-10/h1-3,5H,4,14H2,(H,15,16,17). The maximum atomic E-state index is 13.1. The molecule has 0 radical (unpaired) electrons. The van der Waals surface area contributed by atoms with E-state index in [0.29, 0.717) is 29.4 Å². The Labute approximate surface area is 100 Å². The molecule has 0 bridgehead atoms. The lowest BCUT2D eigenvalue weighted by Crippen LogP contribution is -1.96. The zero-order valence-corrected chi connectivity index (χ0v) is 9.19. The van der Waals surface area contributed by atoms with Crippen molar-refractivity contribution in [1.29, 1.82) is 0 Å². The van der Waals surface area contributed by atoms with E-state index in [2.05, 4.69) is 15.1 Å². The van der Waals surface area contributed by atoms with Gasteiger partial charge in [0.1, 0.15) is 0 Å². The molecule has 0 amide bonds. The number of halogens is 2. The molecule has 3 aromatic rings. The third-order valence-corrected chi connectivity index (χ3v) is 2.58. The quantitative estimate of drug-likeness (QED) is 0.722. The van der Waals surface area contributed by atoms with Gasteiger partial charge < -0.3 is 5.73 Å². The number of aromatic nitrogens is 4. The molecule has 0 aliphatic heterocycles. The predicted molar refractivity (Wildman–Crippen MR) is 60.6 cm³/mol. The summed E-state index contributed by atoms with van der Waals surface area (Å²) in [6.07, 6.45) is 1.70. The number of nitrogens with two attached hydrogens (primary N) is 1. The van der Waals surface area contributed by atoms with Crippen molar-refractivity contribution in [3.05, 3.63) is 41.7 Å². The van der Waals surface area contributed by atoms with Gasteiger partial charge in [0.05, 0.1) is 11.9 Å². The molecule has 5 nitrogen and oxygen atoms in total. The number of rotatable bonds is 2. The number of hydrogen-bond acceptors (Lipinski definition) is 3. The first-order chi connectivity index (χ1) is 8.67. The number of benzene rings is 1. The average molecular weight is 249 g/mol. The maximum Gasteiger partial charge on any atom is 0.251 e. The summed E-state index contributed by atoms with van der Waals surface area (Å²) in [7, 11) is 0. The summed E-state index contributed by atoms with van der Waals surface area (Å²) >= 11 is 0. The Kier molecular flexibility index (Phi) is 2.34. The van der Waals surface area contributed by atoms with Crippen molar-refractivity contribution in [3.8, 4) is 11.4 Å². The Morgan fingerprint density at radius 3 is 2.72 bits per heavy atom. The van der Waals surface area contributed by atoms with Crippen LogP contribution in [0, 0.1) is 11.6 Å². The van der Waals surface area contributed by atoms with Gasteiger partial charge in [0, 0.05) is 12.1 Å². The third-order valence-electron chi connectivity index (χ3n) is 2.58. The Balaban J connectivity index is 2.07. The molecule has 3 N–H and O–H groups in total. The smallest absolute Gasteiger partial charge is 0.251 e. The average Bonchev–Trinajstić information content (AvgIpc) is 2.90. The molecule has 0 spiro atoms. The summed E-state index contributed by atoms with van der Waals surface area (Å²) < 4.78 is 27.5. The fourth-order valence-electron chi connectivity index (χ4n) is 1.69. The van der Waals surface area contributed by atoms with E-state index in [1.165, 1.54) is 6.07 Å². The van der Waals surface area contributed by atoms with Crippen molar-refractivity contribution >= 4 is 5.78 Å². The Morgan fingerprint density at radius 1 is 1.22 bits per heavy atom. The van der Waals surface area contributed by atoms with Gasteiger partial charge in [-0.2, -0.15) is 4.98 Å². The fourth-order valence-corrected chi connectivity index (χ4v) is 1.69. The predicted octanol–water partition coefficient (Wildman–Crippen LogP) is 1.46. The van der Waals surface area contributed by atoms with Gasteiger partial charge in [-0.05, 0) is 18.2 Å². The van der Waals surface area contributed by atoms with Crippen LogP contribution in [0.1, 0.15) is 5.69 Å². The van der Waals surface area contributed by atoms with E-state index in [0.717, 1.165) is 12.1 Å². The van der Waals surface area contributed by atoms with E-state index < -0.39 is 11.6 Å². The van der Waals surface area contributed by atoms with Crippen molar-refractivity contribution < 1.29 is 8.78 Å². The molecule has 0 unspecified atom stereocenters. The number of hydrogen-bond donors (Lipinski definition) is 2. The van der Waals surface area contributed by atoms with Gasteiger partial charge in [-0.15, -0.1) is 0 Å². The summed E-state index contributed by atoms with van der Waals surface area (Å²) in [5.41, 5.74) is 6.60. The molecule has 0 saturated heterocycles. The van der Waals surface area contributed by atoms with E-state index in [4.69, 9.17) is 5.73 Å². The van der Waals surface area contributed by atoms with Crippen LogP contribution < -0.4 is 5.73 Å². The van der Waals surface area contributed by atoms with Crippen LogP contribution in [-0.2, 0) is 6.54 Å². The molecule has 3 rings (SSSR count). The first-order valence-electron chi connectivity index (χ1n) is 5.27. The molecule has 18 heavy (non-hydrogen) atoms. The Hall–Kier alpha value is -2.28. The number of nitrogens with zero attached hydrogens (tertiary/aromatic N) is 3. The molecule has 0 aliphatic rings. The van der Waals surface area contributed by atoms with Crippen molar-refractivity contribution in [2.45, 2.75) is 6.54 Å². The van der Waals surface area contributed by atoms with Crippen LogP contribution in [0.25, 0.3) is 17.2 Å². The first kappa shape index (κ1) is 10.8. The minimum Gasteiger partial charge on any atom is -0.325 e. The van der Waals surface area contributed by atoms with E-state index in [-0.39, 0.29) is 0 Å². The van der Waals surface area contributed by atoms with E-state index in [1.807, 2.05) is 0 Å². The van der Waals surface area contributed by atoms with Crippen LogP contribution in [0.2, 0.25) is 0 Å². The lowest BCUT2D eigenvalue weighted by Gasteiger charge is -1.97. The Morgan fingerprint density at radius 2 is 2.06 bits per heavy atom. The summed E-state index contributed by atoms with van der Waals surface area (Å²) in [5.74, 6) is -0.945. The second kappa shape index (κ2) is 3.88. The molecule has 0 saturated carbocycles. The van der Waals surface area contributed by atoms with Crippen molar-refractivity contribution in [2.75, 3.05) is 0 Å².